The van der Waals surface area contributed by atoms with Gasteiger partial charge in [-0.2, -0.15) is 0 Å². The third kappa shape index (κ3) is 9.43. The first-order chi connectivity index (χ1) is 12.6. The monoisotopic (exact) mass is 379 g/mol. The van der Waals surface area contributed by atoms with Crippen molar-refractivity contribution in [3.8, 4) is 0 Å². The zero-order chi connectivity index (χ0) is 20.4. The lowest BCUT2D eigenvalue weighted by Crippen LogP contribution is -2.45. The molecule has 0 aliphatic rings. The van der Waals surface area contributed by atoms with Crippen molar-refractivity contribution in [3.05, 3.63) is 35.9 Å². The van der Waals surface area contributed by atoms with Crippen molar-refractivity contribution in [3.63, 3.8) is 0 Å². The summed E-state index contributed by atoms with van der Waals surface area (Å²) in [5, 5.41) is 2.51. The molecule has 152 valence electrons. The van der Waals surface area contributed by atoms with Gasteiger partial charge >= 0.3 is 12.1 Å². The molecule has 0 unspecified atom stereocenters. The molecule has 1 amide bonds. The van der Waals surface area contributed by atoms with E-state index in [1.807, 2.05) is 44.2 Å². The van der Waals surface area contributed by atoms with Crippen LogP contribution in [0.15, 0.2) is 30.3 Å². The van der Waals surface area contributed by atoms with Crippen LogP contribution in [-0.2, 0) is 25.4 Å². The minimum Gasteiger partial charge on any atom is -0.458 e. The highest BCUT2D eigenvalue weighted by Crippen LogP contribution is 2.14. The minimum absolute atomic E-state index is 0.261. The van der Waals surface area contributed by atoms with Gasteiger partial charge in [0.1, 0.15) is 17.7 Å². The molecule has 0 fully saturated rings. The maximum absolute atomic E-state index is 12.5. The number of hydrogen-bond donors (Lipinski definition) is 1. The van der Waals surface area contributed by atoms with Crippen LogP contribution >= 0.6 is 0 Å². The summed E-state index contributed by atoms with van der Waals surface area (Å²) in [6.45, 7) is 11.4. The Morgan fingerprint density at radius 1 is 1.11 bits per heavy atom. The van der Waals surface area contributed by atoms with Crippen molar-refractivity contribution in [2.45, 2.75) is 78.2 Å². The fourth-order valence-corrected chi connectivity index (χ4v) is 2.36. The van der Waals surface area contributed by atoms with Gasteiger partial charge < -0.3 is 19.5 Å². The number of amides is 1. The summed E-state index contributed by atoms with van der Waals surface area (Å²) in [4.78, 5) is 24.3. The summed E-state index contributed by atoms with van der Waals surface area (Å²) in [6, 6.07) is 8.97. The van der Waals surface area contributed by atoms with Gasteiger partial charge in [0.25, 0.3) is 0 Å². The second-order valence-corrected chi connectivity index (χ2v) is 7.61. The van der Waals surface area contributed by atoms with E-state index < -0.39 is 29.8 Å². The zero-order valence-electron chi connectivity index (χ0n) is 17.3. The van der Waals surface area contributed by atoms with Crippen molar-refractivity contribution >= 4 is 12.1 Å². The first-order valence-corrected chi connectivity index (χ1v) is 9.48. The van der Waals surface area contributed by atoms with Gasteiger partial charge in [0, 0.05) is 13.0 Å². The third-order valence-corrected chi connectivity index (χ3v) is 3.74. The number of ether oxygens (including phenoxy) is 3. The average molecular weight is 379 g/mol. The summed E-state index contributed by atoms with van der Waals surface area (Å²) in [5.41, 5.74) is 0.418. The molecule has 6 heteroatoms. The Balaban J connectivity index is 2.71. The summed E-state index contributed by atoms with van der Waals surface area (Å²) >= 11 is 0. The van der Waals surface area contributed by atoms with Crippen LogP contribution in [0, 0.1) is 0 Å². The highest BCUT2D eigenvalue weighted by atomic mass is 16.6. The molecule has 0 bridgehead atoms. The lowest BCUT2D eigenvalue weighted by molar-refractivity contribution is -0.158. The van der Waals surface area contributed by atoms with E-state index in [4.69, 9.17) is 14.2 Å². The normalized spacial score (nSPS) is 14.7. The lowest BCUT2D eigenvalue weighted by atomic mass is 10.0. The summed E-state index contributed by atoms with van der Waals surface area (Å²) in [5.74, 6) is -0.520. The second-order valence-electron chi connectivity index (χ2n) is 7.61. The molecule has 27 heavy (non-hydrogen) atoms. The Kier molecular flexibility index (Phi) is 9.29. The van der Waals surface area contributed by atoms with Gasteiger partial charge in [0.2, 0.25) is 0 Å². The summed E-state index contributed by atoms with van der Waals surface area (Å²) in [6.07, 6.45) is 0.0582. The summed E-state index contributed by atoms with van der Waals surface area (Å²) in [7, 11) is 0. The van der Waals surface area contributed by atoms with Crippen LogP contribution in [0.4, 0.5) is 4.79 Å². The molecule has 0 saturated heterocycles. The number of rotatable bonds is 9. The second kappa shape index (κ2) is 10.9. The Hall–Kier alpha value is -2.08. The Morgan fingerprint density at radius 2 is 1.74 bits per heavy atom. The molecule has 1 N–H and O–H groups in total. The van der Waals surface area contributed by atoms with Gasteiger partial charge in [-0.15, -0.1) is 0 Å². The predicted molar refractivity (Wildman–Crippen MR) is 105 cm³/mol. The molecule has 1 aromatic carbocycles. The van der Waals surface area contributed by atoms with Gasteiger partial charge in [0.15, 0.2) is 0 Å². The number of carbonyl (C=O) groups excluding carboxylic acids is 2. The Labute approximate surface area is 162 Å². The zero-order valence-corrected chi connectivity index (χ0v) is 17.3. The lowest BCUT2D eigenvalue weighted by Gasteiger charge is -2.26. The molecule has 0 spiro atoms. The van der Waals surface area contributed by atoms with Crippen molar-refractivity contribution in [1.82, 2.24) is 5.32 Å². The third-order valence-electron chi connectivity index (χ3n) is 3.74. The average Bonchev–Trinajstić information content (AvgIpc) is 2.58. The fourth-order valence-electron chi connectivity index (χ4n) is 2.36. The van der Waals surface area contributed by atoms with Crippen LogP contribution in [0.2, 0.25) is 0 Å². The Bertz CT molecular complexity index is 582. The highest BCUT2D eigenvalue weighted by Gasteiger charge is 2.27. The topological polar surface area (TPSA) is 73.9 Å². The molecule has 3 atom stereocenters. The number of benzene rings is 1. The maximum Gasteiger partial charge on any atom is 0.408 e. The molecular formula is C21H33NO5. The number of alkyl carbamates (subject to hydrolysis) is 1. The molecule has 0 aromatic heterocycles. The first kappa shape index (κ1) is 23.0. The van der Waals surface area contributed by atoms with Gasteiger partial charge in [-0.3, -0.25) is 0 Å². The van der Waals surface area contributed by atoms with E-state index in [1.54, 1.807) is 27.7 Å². The highest BCUT2D eigenvalue weighted by molar-refractivity contribution is 5.81. The Morgan fingerprint density at radius 3 is 2.30 bits per heavy atom. The van der Waals surface area contributed by atoms with E-state index in [0.717, 1.165) is 12.0 Å². The molecule has 6 nitrogen and oxygen atoms in total. The van der Waals surface area contributed by atoms with Gasteiger partial charge in [0.05, 0.1) is 6.10 Å². The molecule has 0 aliphatic heterocycles. The van der Waals surface area contributed by atoms with Gasteiger partial charge in [-0.25, -0.2) is 9.59 Å². The quantitative estimate of drug-likeness (QED) is 0.659. The number of carbonyl (C=O) groups is 2. The van der Waals surface area contributed by atoms with Crippen LogP contribution in [0.25, 0.3) is 0 Å². The number of nitrogens with one attached hydrogen (secondary N) is 1. The van der Waals surface area contributed by atoms with E-state index in [9.17, 15) is 9.59 Å². The van der Waals surface area contributed by atoms with E-state index in [2.05, 4.69) is 5.32 Å². The minimum atomic E-state index is -0.823. The molecule has 0 radical (unpaired) electrons. The molecule has 0 aliphatic carbocycles. The van der Waals surface area contributed by atoms with Crippen molar-refractivity contribution in [1.29, 1.82) is 0 Å². The van der Waals surface area contributed by atoms with Crippen molar-refractivity contribution < 1.29 is 23.8 Å². The predicted octanol–water partition coefficient (Wildman–Crippen LogP) is 3.87. The summed E-state index contributed by atoms with van der Waals surface area (Å²) < 4.78 is 16.6. The largest absolute Gasteiger partial charge is 0.458 e. The van der Waals surface area contributed by atoms with Crippen LogP contribution in [0.3, 0.4) is 0 Å². The van der Waals surface area contributed by atoms with Crippen LogP contribution in [0.5, 0.6) is 0 Å². The fraction of sp³-hybridized carbons (Fsp3) is 0.619. The van der Waals surface area contributed by atoms with Crippen LogP contribution < -0.4 is 5.32 Å². The first-order valence-electron chi connectivity index (χ1n) is 9.48. The van der Waals surface area contributed by atoms with E-state index in [1.165, 1.54) is 0 Å². The van der Waals surface area contributed by atoms with E-state index in [-0.39, 0.29) is 6.10 Å². The van der Waals surface area contributed by atoms with Gasteiger partial charge in [-0.05, 0) is 46.6 Å². The van der Waals surface area contributed by atoms with Crippen molar-refractivity contribution in [2.24, 2.45) is 0 Å². The maximum atomic E-state index is 12.5. The number of hydrogen-bond acceptors (Lipinski definition) is 5. The molecule has 1 rings (SSSR count). The molecule has 0 heterocycles. The van der Waals surface area contributed by atoms with E-state index in [0.29, 0.717) is 13.0 Å². The van der Waals surface area contributed by atoms with Gasteiger partial charge in [-0.1, -0.05) is 37.3 Å². The van der Waals surface area contributed by atoms with Crippen LogP contribution in [0.1, 0.15) is 53.5 Å². The molecule has 1 aromatic rings. The SMILES string of the molecule is CCCO[C@@H](C)[C@@H](Cc1ccccc1)OC(=O)[C@H](C)NC(=O)OC(C)(C)C. The molecular weight excluding hydrogens is 346 g/mol. The molecule has 0 saturated carbocycles. The smallest absolute Gasteiger partial charge is 0.408 e. The number of esters is 1. The standard InChI is InChI=1S/C21H33NO5/c1-7-13-25-16(3)18(14-17-11-9-8-10-12-17)26-19(23)15(2)22-20(24)27-21(4,5)6/h8-12,15-16,18H,7,13-14H2,1-6H3,(H,22,24)/t15-,16-,18+/m0/s1. The van der Waals surface area contributed by atoms with Crippen molar-refractivity contribution in [2.75, 3.05) is 6.61 Å². The van der Waals surface area contributed by atoms with E-state index >= 15 is 0 Å². The van der Waals surface area contributed by atoms with Crippen LogP contribution in [-0.4, -0.2) is 42.5 Å².